The molecule has 4 aromatic rings. The molecule has 1 aliphatic rings. The van der Waals surface area contributed by atoms with Gasteiger partial charge in [-0.25, -0.2) is 15.0 Å². The van der Waals surface area contributed by atoms with Gasteiger partial charge in [-0.05, 0) is 31.7 Å². The van der Waals surface area contributed by atoms with Crippen molar-refractivity contribution in [3.8, 4) is 10.6 Å². The maximum absolute atomic E-state index is 10.5. The van der Waals surface area contributed by atoms with Crippen LogP contribution in [-0.4, -0.2) is 53.9 Å². The summed E-state index contributed by atoms with van der Waals surface area (Å²) in [4.78, 5) is 22.6. The molecule has 4 aromatic heterocycles. The van der Waals surface area contributed by atoms with Crippen molar-refractivity contribution in [2.75, 3.05) is 17.2 Å². The van der Waals surface area contributed by atoms with Crippen LogP contribution in [0.3, 0.4) is 0 Å². The lowest BCUT2D eigenvalue weighted by molar-refractivity contribution is 0.157. The third-order valence-electron chi connectivity index (χ3n) is 5.58. The Morgan fingerprint density at radius 2 is 2.09 bits per heavy atom. The van der Waals surface area contributed by atoms with Crippen LogP contribution in [0.2, 0.25) is 0 Å². The van der Waals surface area contributed by atoms with Gasteiger partial charge in [-0.3, -0.25) is 4.98 Å². The van der Waals surface area contributed by atoms with E-state index in [1.165, 1.54) is 0 Å². The molecule has 32 heavy (non-hydrogen) atoms. The molecule has 0 unspecified atom stereocenters. The lowest BCUT2D eigenvalue weighted by Gasteiger charge is -2.20. The van der Waals surface area contributed by atoms with Gasteiger partial charge in [-0.2, -0.15) is 4.98 Å². The monoisotopic (exact) mass is 469 g/mol. The van der Waals surface area contributed by atoms with Crippen LogP contribution >= 0.6 is 22.7 Å². The van der Waals surface area contributed by atoms with Crippen molar-refractivity contribution in [2.24, 2.45) is 5.92 Å². The highest BCUT2D eigenvalue weighted by Crippen LogP contribution is 2.37. The standard InChI is InChI=1S/C21H23N7O2S2/c1-11-18(20-27-14-8-22-3-2-16(14)32-20)19(26-13-6-12(10-29)7-15(13)30)28-21(25-11)24-9-17-23-4-5-31-17/h2-5,8,12-13,15,29-30H,6-7,9-10H2,1H3,(H2,24,25,26,28)/t12-,13+,15+/m0/s1. The second kappa shape index (κ2) is 9.02. The Labute approximate surface area is 192 Å². The van der Waals surface area contributed by atoms with E-state index in [1.54, 1.807) is 41.3 Å². The highest BCUT2D eigenvalue weighted by Gasteiger charge is 2.33. The molecular formula is C21H23N7O2S2. The maximum Gasteiger partial charge on any atom is 0.225 e. The number of nitrogens with one attached hydrogen (secondary N) is 2. The number of nitrogens with zero attached hydrogens (tertiary/aromatic N) is 5. The van der Waals surface area contributed by atoms with Gasteiger partial charge >= 0.3 is 0 Å². The first-order valence-electron chi connectivity index (χ1n) is 10.4. The summed E-state index contributed by atoms with van der Waals surface area (Å²) < 4.78 is 1.03. The Morgan fingerprint density at radius 1 is 1.19 bits per heavy atom. The van der Waals surface area contributed by atoms with Crippen LogP contribution in [0.25, 0.3) is 20.8 Å². The lowest BCUT2D eigenvalue weighted by Crippen LogP contribution is -2.29. The van der Waals surface area contributed by atoms with E-state index in [0.717, 1.165) is 31.5 Å². The molecule has 4 heterocycles. The smallest absolute Gasteiger partial charge is 0.225 e. The molecule has 1 aliphatic carbocycles. The summed E-state index contributed by atoms with van der Waals surface area (Å²) in [6.45, 7) is 2.53. The van der Waals surface area contributed by atoms with Crippen LogP contribution in [0.4, 0.5) is 11.8 Å². The van der Waals surface area contributed by atoms with E-state index < -0.39 is 6.10 Å². The summed E-state index contributed by atoms with van der Waals surface area (Å²) in [6.07, 6.45) is 5.95. The highest BCUT2D eigenvalue weighted by atomic mass is 32.1. The number of thiazole rings is 2. The van der Waals surface area contributed by atoms with Crippen molar-refractivity contribution in [1.82, 2.24) is 24.9 Å². The number of hydrogen-bond donors (Lipinski definition) is 4. The summed E-state index contributed by atoms with van der Waals surface area (Å²) in [5, 5.41) is 30.4. The van der Waals surface area contributed by atoms with E-state index in [9.17, 15) is 10.2 Å². The van der Waals surface area contributed by atoms with Crippen molar-refractivity contribution in [3.05, 3.63) is 40.7 Å². The third-order valence-corrected chi connectivity index (χ3v) is 7.42. The summed E-state index contributed by atoms with van der Waals surface area (Å²) in [5.41, 5.74) is 2.41. The van der Waals surface area contributed by atoms with Gasteiger partial charge in [0.2, 0.25) is 5.95 Å². The van der Waals surface area contributed by atoms with Crippen molar-refractivity contribution in [2.45, 2.75) is 38.5 Å². The zero-order valence-electron chi connectivity index (χ0n) is 17.4. The number of aromatic nitrogens is 5. The Hall–Kier alpha value is -2.73. The van der Waals surface area contributed by atoms with Crippen molar-refractivity contribution >= 4 is 44.7 Å². The number of aliphatic hydroxyl groups is 2. The van der Waals surface area contributed by atoms with E-state index in [0.29, 0.717) is 31.2 Å². The number of hydrogen-bond acceptors (Lipinski definition) is 11. The van der Waals surface area contributed by atoms with Crippen LogP contribution in [0.5, 0.6) is 0 Å². The maximum atomic E-state index is 10.5. The van der Waals surface area contributed by atoms with Gasteiger partial charge in [0, 0.05) is 24.4 Å². The first-order valence-corrected chi connectivity index (χ1v) is 12.1. The number of rotatable bonds is 7. The number of aryl methyl sites for hydroxylation is 1. The van der Waals surface area contributed by atoms with Gasteiger partial charge in [-0.1, -0.05) is 0 Å². The quantitative estimate of drug-likeness (QED) is 0.323. The van der Waals surface area contributed by atoms with Crippen LogP contribution in [0, 0.1) is 12.8 Å². The van der Waals surface area contributed by atoms with E-state index in [1.807, 2.05) is 18.4 Å². The van der Waals surface area contributed by atoms with Gasteiger partial charge in [0.25, 0.3) is 0 Å². The SMILES string of the molecule is Cc1nc(NCc2nccs2)nc(N[C@@H]2C[C@H](CO)C[C@H]2O)c1-c1nc2cnccc2s1. The number of aliphatic hydroxyl groups excluding tert-OH is 2. The van der Waals surface area contributed by atoms with E-state index in [2.05, 4.69) is 25.6 Å². The van der Waals surface area contributed by atoms with Gasteiger partial charge < -0.3 is 20.8 Å². The fourth-order valence-electron chi connectivity index (χ4n) is 3.99. The Bertz CT molecular complexity index is 1180. The molecule has 4 N–H and O–H groups in total. The van der Waals surface area contributed by atoms with Crippen LogP contribution in [0.1, 0.15) is 23.5 Å². The summed E-state index contributed by atoms with van der Waals surface area (Å²) >= 11 is 3.12. The van der Waals surface area contributed by atoms with Crippen LogP contribution in [0.15, 0.2) is 30.0 Å². The fraction of sp³-hybridized carbons (Fsp3) is 0.381. The fourth-order valence-corrected chi connectivity index (χ4v) is 5.58. The molecule has 3 atom stereocenters. The second-order valence-corrected chi connectivity index (χ2v) is 9.85. The number of pyridine rings is 1. The molecule has 0 saturated heterocycles. The van der Waals surface area contributed by atoms with Gasteiger partial charge in [0.15, 0.2) is 0 Å². The topological polar surface area (TPSA) is 129 Å². The Kier molecular flexibility index (Phi) is 5.96. The Balaban J connectivity index is 1.51. The predicted octanol–water partition coefficient (Wildman–Crippen LogP) is 3.07. The van der Waals surface area contributed by atoms with Crippen LogP contribution in [-0.2, 0) is 6.54 Å². The minimum atomic E-state index is -0.554. The first-order chi connectivity index (χ1) is 15.6. The minimum Gasteiger partial charge on any atom is -0.396 e. The average Bonchev–Trinajstić information content (AvgIpc) is 3.52. The molecule has 0 bridgehead atoms. The molecule has 1 saturated carbocycles. The average molecular weight is 470 g/mol. The van der Waals surface area contributed by atoms with Crippen molar-refractivity contribution < 1.29 is 10.2 Å². The predicted molar refractivity (Wildman–Crippen MR) is 126 cm³/mol. The zero-order chi connectivity index (χ0) is 22.1. The van der Waals surface area contributed by atoms with Crippen molar-refractivity contribution in [1.29, 1.82) is 0 Å². The molecule has 0 spiro atoms. The summed E-state index contributed by atoms with van der Waals surface area (Å²) in [7, 11) is 0. The molecule has 0 aliphatic heterocycles. The first kappa shape index (κ1) is 21.1. The molecule has 11 heteroatoms. The molecule has 0 amide bonds. The molecule has 9 nitrogen and oxygen atoms in total. The van der Waals surface area contributed by atoms with Gasteiger partial charge in [0.05, 0.1) is 40.8 Å². The highest BCUT2D eigenvalue weighted by molar-refractivity contribution is 7.21. The normalized spacial score (nSPS) is 20.7. The largest absolute Gasteiger partial charge is 0.396 e. The molecule has 0 aromatic carbocycles. The zero-order valence-corrected chi connectivity index (χ0v) is 19.0. The minimum absolute atomic E-state index is 0.0659. The van der Waals surface area contributed by atoms with E-state index in [4.69, 9.17) is 9.97 Å². The lowest BCUT2D eigenvalue weighted by atomic mass is 10.1. The third kappa shape index (κ3) is 4.29. The van der Waals surface area contributed by atoms with Gasteiger partial charge in [0.1, 0.15) is 21.3 Å². The van der Waals surface area contributed by atoms with E-state index >= 15 is 0 Å². The van der Waals surface area contributed by atoms with Gasteiger partial charge in [-0.15, -0.1) is 22.7 Å². The van der Waals surface area contributed by atoms with Crippen molar-refractivity contribution in [3.63, 3.8) is 0 Å². The van der Waals surface area contributed by atoms with E-state index in [-0.39, 0.29) is 18.6 Å². The second-order valence-electron chi connectivity index (χ2n) is 7.84. The molecule has 166 valence electrons. The number of anilines is 2. The summed E-state index contributed by atoms with van der Waals surface area (Å²) in [6, 6.07) is 1.74. The van der Waals surface area contributed by atoms with Crippen LogP contribution < -0.4 is 10.6 Å². The molecule has 5 rings (SSSR count). The number of fused-ring (bicyclic) bond motifs is 1. The Morgan fingerprint density at radius 3 is 2.84 bits per heavy atom. The summed E-state index contributed by atoms with van der Waals surface area (Å²) in [5.74, 6) is 1.18. The molecule has 1 fully saturated rings. The molecule has 0 radical (unpaired) electrons. The molecular weight excluding hydrogens is 446 g/mol.